The zero-order chi connectivity index (χ0) is 10.7. The molecular formula is C7H7BrN2O4. The van der Waals surface area contributed by atoms with Crippen LogP contribution >= 0.6 is 15.9 Å². The van der Waals surface area contributed by atoms with Crippen molar-refractivity contribution in [2.75, 3.05) is 6.61 Å². The lowest BCUT2D eigenvalue weighted by atomic mass is 10.2. The molecule has 1 aliphatic rings. The smallest absolute Gasteiger partial charge is 0.374 e. The van der Waals surface area contributed by atoms with E-state index in [2.05, 4.69) is 20.9 Å². The molecule has 0 aromatic heterocycles. The summed E-state index contributed by atoms with van der Waals surface area (Å²) in [5.41, 5.74) is 0. The van der Waals surface area contributed by atoms with Crippen LogP contribution in [0.1, 0.15) is 6.92 Å². The third kappa shape index (κ3) is 1.98. The first-order valence-electron chi connectivity index (χ1n) is 3.82. The van der Waals surface area contributed by atoms with Crippen LogP contribution in [0.15, 0.2) is 15.3 Å². The molecule has 0 saturated carbocycles. The van der Waals surface area contributed by atoms with E-state index in [-0.39, 0.29) is 16.9 Å². The fraction of sp³-hybridized carbons (Fsp3) is 0.429. The highest BCUT2D eigenvalue weighted by molar-refractivity contribution is 9.11. The molecule has 0 N–H and O–H groups in total. The third-order valence-electron chi connectivity index (χ3n) is 1.55. The Morgan fingerprint density at radius 1 is 1.86 bits per heavy atom. The maximum absolute atomic E-state index is 11.2. The van der Waals surface area contributed by atoms with Crippen LogP contribution in [-0.2, 0) is 9.53 Å². The molecule has 0 fully saturated rings. The van der Waals surface area contributed by atoms with Gasteiger partial charge in [-0.3, -0.25) is 4.79 Å². The normalized spacial score (nSPS) is 20.0. The minimum atomic E-state index is -0.782. The topological polar surface area (TPSA) is 81.8 Å². The van der Waals surface area contributed by atoms with E-state index < -0.39 is 16.8 Å². The van der Waals surface area contributed by atoms with Crippen molar-refractivity contribution in [1.29, 1.82) is 0 Å². The van der Waals surface area contributed by atoms with Crippen molar-refractivity contribution in [3.05, 3.63) is 20.4 Å². The largest absolute Gasteiger partial charge is 0.465 e. The minimum Gasteiger partial charge on any atom is -0.465 e. The standard InChI is InChI=1S/C7H7BrN2O4/c1-2-14-7(11)4-3-9-6(5(4)8)10(12)13/h3-4H,2H2,1H3. The number of hydrogen-bond acceptors (Lipinski definition) is 5. The second-order valence-electron chi connectivity index (χ2n) is 2.44. The molecule has 1 unspecified atom stereocenters. The van der Waals surface area contributed by atoms with Crippen molar-refractivity contribution in [2.24, 2.45) is 10.9 Å². The molecular weight excluding hydrogens is 256 g/mol. The fourth-order valence-corrected chi connectivity index (χ4v) is 1.49. The lowest BCUT2D eigenvalue weighted by molar-refractivity contribution is -0.426. The van der Waals surface area contributed by atoms with Crippen LogP contribution in [-0.4, -0.2) is 23.7 Å². The number of hydrogen-bond donors (Lipinski definition) is 0. The summed E-state index contributed by atoms with van der Waals surface area (Å²) in [6.45, 7) is 1.90. The van der Waals surface area contributed by atoms with Gasteiger partial charge in [-0.15, -0.1) is 0 Å². The van der Waals surface area contributed by atoms with E-state index in [1.165, 1.54) is 6.21 Å². The first-order chi connectivity index (χ1) is 6.57. The van der Waals surface area contributed by atoms with Gasteiger partial charge >= 0.3 is 11.8 Å². The number of rotatable bonds is 3. The van der Waals surface area contributed by atoms with Crippen molar-refractivity contribution in [3.8, 4) is 0 Å². The molecule has 1 rings (SSSR count). The van der Waals surface area contributed by atoms with Gasteiger partial charge < -0.3 is 14.9 Å². The van der Waals surface area contributed by atoms with Crippen LogP contribution in [0.4, 0.5) is 0 Å². The van der Waals surface area contributed by atoms with E-state index in [1.54, 1.807) is 6.92 Å². The van der Waals surface area contributed by atoms with Gasteiger partial charge in [0.05, 0.1) is 6.61 Å². The van der Waals surface area contributed by atoms with Crippen LogP contribution in [0.5, 0.6) is 0 Å². The van der Waals surface area contributed by atoms with E-state index in [4.69, 9.17) is 4.74 Å². The van der Waals surface area contributed by atoms with Crippen molar-refractivity contribution in [3.63, 3.8) is 0 Å². The molecule has 7 heteroatoms. The fourth-order valence-electron chi connectivity index (χ4n) is 0.942. The summed E-state index contributed by atoms with van der Waals surface area (Å²) in [7, 11) is 0. The van der Waals surface area contributed by atoms with Gasteiger partial charge in [-0.25, -0.2) is 0 Å². The molecule has 76 valence electrons. The zero-order valence-corrected chi connectivity index (χ0v) is 8.85. The van der Waals surface area contributed by atoms with E-state index in [0.29, 0.717) is 0 Å². The molecule has 6 nitrogen and oxygen atoms in total. The molecule has 14 heavy (non-hydrogen) atoms. The Hall–Kier alpha value is -1.24. The molecule has 0 spiro atoms. The highest BCUT2D eigenvalue weighted by Gasteiger charge is 2.35. The van der Waals surface area contributed by atoms with E-state index in [0.717, 1.165) is 0 Å². The van der Waals surface area contributed by atoms with Gasteiger partial charge in [-0.05, 0) is 32.8 Å². The number of nitro groups is 1. The number of nitrogens with zero attached hydrogens (tertiary/aromatic N) is 2. The van der Waals surface area contributed by atoms with Gasteiger partial charge in [-0.1, -0.05) is 0 Å². The molecule has 0 radical (unpaired) electrons. The van der Waals surface area contributed by atoms with Crippen molar-refractivity contribution in [1.82, 2.24) is 0 Å². The second kappa shape index (κ2) is 4.32. The average Bonchev–Trinajstić information content (AvgIpc) is 2.47. The lowest BCUT2D eigenvalue weighted by Gasteiger charge is -2.03. The maximum Gasteiger partial charge on any atom is 0.374 e. The Bertz CT molecular complexity index is 337. The Balaban J connectivity index is 2.83. The first kappa shape index (κ1) is 10.8. The van der Waals surface area contributed by atoms with Crippen LogP contribution < -0.4 is 0 Å². The molecule has 0 aromatic carbocycles. The van der Waals surface area contributed by atoms with Crippen molar-refractivity contribution < 1.29 is 14.5 Å². The van der Waals surface area contributed by atoms with Gasteiger partial charge in [0.25, 0.3) is 0 Å². The highest BCUT2D eigenvalue weighted by atomic mass is 79.9. The Morgan fingerprint density at radius 2 is 2.50 bits per heavy atom. The molecule has 0 saturated heterocycles. The van der Waals surface area contributed by atoms with Crippen LogP contribution in [0, 0.1) is 16.0 Å². The first-order valence-corrected chi connectivity index (χ1v) is 4.62. The highest BCUT2D eigenvalue weighted by Crippen LogP contribution is 2.28. The third-order valence-corrected chi connectivity index (χ3v) is 2.39. The SMILES string of the molecule is CCOC(=O)C1C=NC([N+](=O)[O-])=C1Br. The summed E-state index contributed by atoms with van der Waals surface area (Å²) in [5, 5.41) is 10.4. The predicted octanol–water partition coefficient (Wildman–Crippen LogP) is 1.09. The number of ether oxygens (including phenoxy) is 1. The molecule has 0 aliphatic carbocycles. The van der Waals surface area contributed by atoms with Crippen LogP contribution in [0.25, 0.3) is 0 Å². The quantitative estimate of drug-likeness (QED) is 0.433. The Labute approximate surface area is 87.9 Å². The molecule has 0 amide bonds. The van der Waals surface area contributed by atoms with Crippen LogP contribution in [0.2, 0.25) is 0 Å². The van der Waals surface area contributed by atoms with Crippen molar-refractivity contribution in [2.45, 2.75) is 6.92 Å². The van der Waals surface area contributed by atoms with Gasteiger partial charge in [0, 0.05) is 0 Å². The van der Waals surface area contributed by atoms with Crippen LogP contribution in [0.3, 0.4) is 0 Å². The summed E-state index contributed by atoms with van der Waals surface area (Å²) in [4.78, 5) is 24.5. The molecule has 0 bridgehead atoms. The van der Waals surface area contributed by atoms with E-state index in [1.807, 2.05) is 0 Å². The molecule has 1 heterocycles. The van der Waals surface area contributed by atoms with Gasteiger partial charge in [0.15, 0.2) is 5.92 Å². The van der Waals surface area contributed by atoms with E-state index in [9.17, 15) is 14.9 Å². The lowest BCUT2D eigenvalue weighted by Crippen LogP contribution is -2.17. The number of halogens is 1. The number of carbonyl (C=O) groups excluding carboxylic acids is 1. The number of aliphatic imine (C=N–C) groups is 1. The van der Waals surface area contributed by atoms with Gasteiger partial charge in [-0.2, -0.15) is 0 Å². The Kier molecular flexibility index (Phi) is 3.34. The molecule has 0 aromatic rings. The summed E-state index contributed by atoms with van der Waals surface area (Å²) < 4.78 is 4.85. The second-order valence-corrected chi connectivity index (χ2v) is 3.29. The summed E-state index contributed by atoms with van der Waals surface area (Å²) in [6, 6.07) is 0. The number of carbonyl (C=O) groups is 1. The van der Waals surface area contributed by atoms with E-state index >= 15 is 0 Å². The van der Waals surface area contributed by atoms with Gasteiger partial charge in [0.1, 0.15) is 10.7 Å². The van der Waals surface area contributed by atoms with Gasteiger partial charge in [0.2, 0.25) is 0 Å². The number of esters is 1. The summed E-state index contributed by atoms with van der Waals surface area (Å²) in [6.07, 6.45) is 1.19. The maximum atomic E-state index is 11.2. The predicted molar refractivity (Wildman–Crippen MR) is 51.6 cm³/mol. The summed E-state index contributed by atoms with van der Waals surface area (Å²) in [5.74, 6) is -1.67. The molecule has 1 aliphatic heterocycles. The Morgan fingerprint density at radius 3 is 2.93 bits per heavy atom. The monoisotopic (exact) mass is 262 g/mol. The average molecular weight is 263 g/mol. The minimum absolute atomic E-state index is 0.140. The molecule has 1 atom stereocenters. The zero-order valence-electron chi connectivity index (χ0n) is 7.27. The van der Waals surface area contributed by atoms with Crippen molar-refractivity contribution >= 4 is 28.1 Å². The summed E-state index contributed by atoms with van der Waals surface area (Å²) >= 11 is 2.95.